The molecule has 1 fully saturated rings. The fourth-order valence-corrected chi connectivity index (χ4v) is 5.32. The third-order valence-electron chi connectivity index (χ3n) is 7.38. The summed E-state index contributed by atoms with van der Waals surface area (Å²) in [7, 11) is 4.11. The molecule has 0 bridgehead atoms. The average Bonchev–Trinajstić information content (AvgIpc) is 3.45. The van der Waals surface area contributed by atoms with Crippen LogP contribution < -0.4 is 0 Å². The van der Waals surface area contributed by atoms with Gasteiger partial charge in [-0.3, -0.25) is 24.3 Å². The first-order valence-electron chi connectivity index (χ1n) is 12.6. The lowest BCUT2D eigenvalue weighted by Crippen LogP contribution is -2.36. The number of rotatable bonds is 6. The lowest BCUT2D eigenvalue weighted by molar-refractivity contribution is 0.0332. The molecule has 184 valence electrons. The van der Waals surface area contributed by atoms with Crippen molar-refractivity contribution in [3.05, 3.63) is 82.9 Å². The summed E-state index contributed by atoms with van der Waals surface area (Å²) in [5.74, 6) is 0.107. The molecule has 0 atom stereocenters. The minimum atomic E-state index is 0.107. The molecular weight excluding hydrogens is 450 g/mol. The molecule has 2 aliphatic rings. The number of carbonyl (C=O) groups is 1. The topological polar surface area (TPSA) is 63.5 Å². The maximum absolute atomic E-state index is 13.1. The molecule has 0 spiro atoms. The van der Waals surface area contributed by atoms with Gasteiger partial charge in [0, 0.05) is 68.2 Å². The number of nitrogens with zero attached hydrogens (tertiary/aromatic N) is 5. The summed E-state index contributed by atoms with van der Waals surface area (Å²) in [6.45, 7) is 6.12. The van der Waals surface area contributed by atoms with E-state index in [2.05, 4.69) is 63.3 Å². The van der Waals surface area contributed by atoms with E-state index in [1.54, 1.807) is 0 Å². The Morgan fingerprint density at radius 3 is 2.64 bits per heavy atom. The van der Waals surface area contributed by atoms with Crippen LogP contribution >= 0.6 is 0 Å². The fraction of sp³-hybridized carbons (Fsp3) is 0.345. The van der Waals surface area contributed by atoms with E-state index in [0.717, 1.165) is 79.1 Å². The highest BCUT2D eigenvalue weighted by Gasteiger charge is 2.19. The van der Waals surface area contributed by atoms with E-state index in [9.17, 15) is 4.79 Å². The van der Waals surface area contributed by atoms with Crippen LogP contribution in [-0.4, -0.2) is 63.7 Å². The van der Waals surface area contributed by atoms with Crippen LogP contribution in [0.1, 0.15) is 32.9 Å². The molecule has 0 aliphatic carbocycles. The number of hydrogen-bond donors (Lipinski definition) is 0. The summed E-state index contributed by atoms with van der Waals surface area (Å²) in [6.07, 6.45) is 4.12. The second-order valence-electron chi connectivity index (χ2n) is 10.0. The number of carbonyl (C=O) groups excluding carboxylic acids is 1. The molecular formula is C29H31N5O2. The zero-order chi connectivity index (χ0) is 24.6. The molecule has 7 heteroatoms. The quantitative estimate of drug-likeness (QED) is 0.390. The number of Topliss-reactive ketones (excluding diaryl/α,β-unsaturated/α-hetero) is 1. The summed E-state index contributed by atoms with van der Waals surface area (Å²) < 4.78 is 7.48. The van der Waals surface area contributed by atoms with Gasteiger partial charge in [-0.15, -0.1) is 0 Å². The lowest BCUT2D eigenvalue weighted by atomic mass is 9.99. The van der Waals surface area contributed by atoms with E-state index < -0.39 is 0 Å². The molecule has 2 aliphatic heterocycles. The van der Waals surface area contributed by atoms with Crippen LogP contribution in [0.4, 0.5) is 0 Å². The van der Waals surface area contributed by atoms with Crippen LogP contribution in [0, 0.1) is 0 Å². The molecule has 7 nitrogen and oxygen atoms in total. The number of ketones is 1. The Bertz CT molecular complexity index is 1440. The fourth-order valence-electron chi connectivity index (χ4n) is 5.32. The summed E-state index contributed by atoms with van der Waals surface area (Å²) >= 11 is 0. The molecule has 36 heavy (non-hydrogen) atoms. The minimum absolute atomic E-state index is 0.107. The van der Waals surface area contributed by atoms with Gasteiger partial charge in [-0.25, -0.2) is 0 Å². The van der Waals surface area contributed by atoms with Crippen LogP contribution in [0.15, 0.2) is 54.9 Å². The molecule has 0 radical (unpaired) electrons. The summed E-state index contributed by atoms with van der Waals surface area (Å²) in [5.41, 5.74) is 7.60. The Balaban J connectivity index is 1.25. The van der Waals surface area contributed by atoms with Crippen molar-refractivity contribution in [1.82, 2.24) is 24.6 Å². The van der Waals surface area contributed by atoms with Crippen molar-refractivity contribution in [1.29, 1.82) is 0 Å². The van der Waals surface area contributed by atoms with Crippen molar-refractivity contribution in [3.63, 3.8) is 0 Å². The molecule has 0 saturated carbocycles. The number of aromatic nitrogens is 3. The van der Waals surface area contributed by atoms with E-state index in [1.165, 1.54) is 16.8 Å². The van der Waals surface area contributed by atoms with Crippen LogP contribution in [0.2, 0.25) is 0 Å². The Hall–Kier alpha value is -3.39. The predicted octanol–water partition coefficient (Wildman–Crippen LogP) is 3.84. The van der Waals surface area contributed by atoms with Gasteiger partial charge in [-0.1, -0.05) is 24.3 Å². The maximum Gasteiger partial charge on any atom is 0.168 e. The minimum Gasteiger partial charge on any atom is -0.379 e. The molecule has 0 N–H and O–H groups in total. The zero-order valence-corrected chi connectivity index (χ0v) is 20.9. The summed E-state index contributed by atoms with van der Waals surface area (Å²) in [5, 5.41) is 6.71. The number of fused-ring (bicyclic) bond motifs is 2. The standard InChI is InChI=1S/C29H31N5O2/c1-32-17-23-6-4-21(12-25(23)18-32)29(35)14-26-13-24-11-20(3-5-22(24)15-30-26)27-16-31-33(2)28(27)19-34-7-9-36-10-8-34/h3-6,11-13,15-16H,7-10,14,17-19H2,1-2H3. The second kappa shape index (κ2) is 9.58. The predicted molar refractivity (Wildman–Crippen MR) is 140 cm³/mol. The molecule has 2 aromatic carbocycles. The molecule has 4 heterocycles. The van der Waals surface area contributed by atoms with Gasteiger partial charge in [-0.2, -0.15) is 5.10 Å². The van der Waals surface area contributed by atoms with Gasteiger partial charge in [0.2, 0.25) is 0 Å². The highest BCUT2D eigenvalue weighted by atomic mass is 16.5. The normalized spacial score (nSPS) is 16.5. The first-order valence-corrected chi connectivity index (χ1v) is 12.6. The largest absolute Gasteiger partial charge is 0.379 e. The Morgan fingerprint density at radius 1 is 0.944 bits per heavy atom. The van der Waals surface area contributed by atoms with E-state index >= 15 is 0 Å². The van der Waals surface area contributed by atoms with Crippen LogP contribution in [0.25, 0.3) is 21.9 Å². The number of morpholine rings is 1. The van der Waals surface area contributed by atoms with Gasteiger partial charge < -0.3 is 4.74 Å². The number of ether oxygens (including phenoxy) is 1. The van der Waals surface area contributed by atoms with E-state index in [4.69, 9.17) is 4.74 Å². The second-order valence-corrected chi connectivity index (χ2v) is 10.0. The average molecular weight is 482 g/mol. The number of hydrogen-bond acceptors (Lipinski definition) is 6. The molecule has 6 rings (SSSR count). The van der Waals surface area contributed by atoms with Crippen molar-refractivity contribution >= 4 is 16.6 Å². The Labute approximate surface area is 211 Å². The first kappa shape index (κ1) is 23.0. The van der Waals surface area contributed by atoms with Crippen molar-refractivity contribution in [3.8, 4) is 11.1 Å². The van der Waals surface area contributed by atoms with Gasteiger partial charge in [0.15, 0.2) is 5.78 Å². The summed E-state index contributed by atoms with van der Waals surface area (Å²) in [6, 6.07) is 14.6. The Kier molecular flexibility index (Phi) is 6.13. The van der Waals surface area contributed by atoms with Gasteiger partial charge in [0.05, 0.1) is 31.5 Å². The highest BCUT2D eigenvalue weighted by Crippen LogP contribution is 2.29. The van der Waals surface area contributed by atoms with Crippen molar-refractivity contribution in [2.75, 3.05) is 33.4 Å². The zero-order valence-electron chi connectivity index (χ0n) is 20.9. The van der Waals surface area contributed by atoms with Gasteiger partial charge in [-0.05, 0) is 47.3 Å². The maximum atomic E-state index is 13.1. The van der Waals surface area contributed by atoms with Crippen LogP contribution in [0.5, 0.6) is 0 Å². The van der Waals surface area contributed by atoms with Gasteiger partial charge in [0.25, 0.3) is 0 Å². The van der Waals surface area contributed by atoms with E-state index in [1.807, 2.05) is 30.2 Å². The molecule has 4 aromatic rings. The third-order valence-corrected chi connectivity index (χ3v) is 7.38. The van der Waals surface area contributed by atoms with Crippen molar-refractivity contribution in [2.24, 2.45) is 7.05 Å². The Morgan fingerprint density at radius 2 is 1.78 bits per heavy atom. The number of aryl methyl sites for hydroxylation is 1. The summed E-state index contributed by atoms with van der Waals surface area (Å²) in [4.78, 5) is 22.3. The van der Waals surface area contributed by atoms with Gasteiger partial charge in [0.1, 0.15) is 0 Å². The number of benzene rings is 2. The molecule has 2 aromatic heterocycles. The lowest BCUT2D eigenvalue weighted by Gasteiger charge is -2.27. The SMILES string of the molecule is CN1Cc2ccc(C(=O)Cc3cc4cc(-c5cnn(C)c5CN5CCOCC5)ccc4cn3)cc2C1. The van der Waals surface area contributed by atoms with Crippen molar-refractivity contribution < 1.29 is 9.53 Å². The number of pyridine rings is 1. The molecule has 1 saturated heterocycles. The third kappa shape index (κ3) is 4.57. The molecule has 0 amide bonds. The van der Waals surface area contributed by atoms with E-state index in [0.29, 0.717) is 6.42 Å². The smallest absolute Gasteiger partial charge is 0.168 e. The van der Waals surface area contributed by atoms with Crippen LogP contribution in [-0.2, 0) is 37.8 Å². The highest BCUT2D eigenvalue weighted by molar-refractivity contribution is 5.98. The monoisotopic (exact) mass is 481 g/mol. The van der Waals surface area contributed by atoms with Gasteiger partial charge >= 0.3 is 0 Å². The first-order chi connectivity index (χ1) is 17.5. The molecule has 0 unspecified atom stereocenters. The van der Waals surface area contributed by atoms with Crippen molar-refractivity contribution in [2.45, 2.75) is 26.1 Å². The van der Waals surface area contributed by atoms with Crippen LogP contribution in [0.3, 0.4) is 0 Å². The van der Waals surface area contributed by atoms with E-state index in [-0.39, 0.29) is 5.78 Å².